The standard InChI is InChI=1S/C30H32N4O2/c1-32-27-15-7-6-14-26(27)31-29(32)34-20-18-33(19-21-34)17-9-8-16-30(28(35)36)24-12-4-2-10-22(24)23-11-3-5-13-25(23)30/h2-7,10-15H,8-9,16-21H2,1H3,(H,35,36). The first-order valence-corrected chi connectivity index (χ1v) is 12.9. The zero-order valence-corrected chi connectivity index (χ0v) is 20.7. The van der Waals surface area contributed by atoms with Crippen LogP contribution in [0, 0.1) is 0 Å². The van der Waals surface area contributed by atoms with Crippen molar-refractivity contribution in [2.24, 2.45) is 7.05 Å². The van der Waals surface area contributed by atoms with Crippen LogP contribution in [0.3, 0.4) is 0 Å². The molecule has 2 heterocycles. The van der Waals surface area contributed by atoms with Crippen LogP contribution in [0.5, 0.6) is 0 Å². The minimum atomic E-state index is -0.952. The van der Waals surface area contributed by atoms with Gasteiger partial charge < -0.3 is 14.6 Å². The molecule has 184 valence electrons. The number of carbonyl (C=O) groups is 1. The lowest BCUT2D eigenvalue weighted by atomic mass is 9.74. The number of rotatable bonds is 7. The van der Waals surface area contributed by atoms with Crippen LogP contribution in [-0.2, 0) is 17.3 Å². The van der Waals surface area contributed by atoms with Gasteiger partial charge in [-0.15, -0.1) is 0 Å². The van der Waals surface area contributed by atoms with E-state index < -0.39 is 11.4 Å². The number of hydrogen-bond acceptors (Lipinski definition) is 4. The Hall–Kier alpha value is -3.64. The van der Waals surface area contributed by atoms with Crippen LogP contribution < -0.4 is 4.90 Å². The number of anilines is 1. The fourth-order valence-corrected chi connectivity index (χ4v) is 6.24. The molecule has 2 aliphatic rings. The summed E-state index contributed by atoms with van der Waals surface area (Å²) < 4.78 is 2.19. The third kappa shape index (κ3) is 3.59. The molecule has 6 heteroatoms. The molecule has 0 bridgehead atoms. The summed E-state index contributed by atoms with van der Waals surface area (Å²) in [5, 5.41) is 10.5. The molecule has 0 atom stereocenters. The van der Waals surface area contributed by atoms with Crippen LogP contribution in [0.15, 0.2) is 72.8 Å². The van der Waals surface area contributed by atoms with E-state index in [9.17, 15) is 9.90 Å². The molecule has 0 saturated carbocycles. The number of carboxylic acid groups (broad SMARTS) is 1. The predicted octanol–water partition coefficient (Wildman–Crippen LogP) is 4.92. The maximum Gasteiger partial charge on any atom is 0.318 e. The van der Waals surface area contributed by atoms with Crippen molar-refractivity contribution >= 4 is 23.0 Å². The molecule has 0 amide bonds. The van der Waals surface area contributed by atoms with E-state index in [-0.39, 0.29) is 0 Å². The van der Waals surface area contributed by atoms with E-state index in [4.69, 9.17) is 4.98 Å². The van der Waals surface area contributed by atoms with Gasteiger partial charge in [0.05, 0.1) is 11.0 Å². The Kier molecular flexibility index (Phi) is 5.76. The zero-order valence-electron chi connectivity index (χ0n) is 20.7. The molecule has 1 aliphatic carbocycles. The summed E-state index contributed by atoms with van der Waals surface area (Å²) in [6, 6.07) is 24.3. The summed E-state index contributed by atoms with van der Waals surface area (Å²) in [5.41, 5.74) is 5.26. The monoisotopic (exact) mass is 480 g/mol. The third-order valence-corrected chi connectivity index (χ3v) is 8.12. The molecule has 1 aromatic heterocycles. The van der Waals surface area contributed by atoms with Gasteiger partial charge >= 0.3 is 5.97 Å². The number of imidazole rings is 1. The molecule has 1 fully saturated rings. The summed E-state index contributed by atoms with van der Waals surface area (Å²) in [4.78, 5) is 22.5. The minimum Gasteiger partial charge on any atom is -0.480 e. The van der Waals surface area contributed by atoms with Crippen molar-refractivity contribution in [1.82, 2.24) is 14.5 Å². The first kappa shape index (κ1) is 22.8. The fraction of sp³-hybridized carbons (Fsp3) is 0.333. The zero-order chi connectivity index (χ0) is 24.7. The third-order valence-electron chi connectivity index (χ3n) is 8.12. The van der Waals surface area contributed by atoms with Crippen LogP contribution >= 0.6 is 0 Å². The molecular weight excluding hydrogens is 448 g/mol. The fourth-order valence-electron chi connectivity index (χ4n) is 6.24. The van der Waals surface area contributed by atoms with Crippen molar-refractivity contribution in [1.29, 1.82) is 0 Å². The van der Waals surface area contributed by atoms with Crippen molar-refractivity contribution in [3.8, 4) is 11.1 Å². The molecule has 0 radical (unpaired) electrons. The summed E-state index contributed by atoms with van der Waals surface area (Å²) in [6.07, 6.45) is 2.49. The number of aromatic nitrogens is 2. The van der Waals surface area contributed by atoms with E-state index in [2.05, 4.69) is 51.7 Å². The van der Waals surface area contributed by atoms with Gasteiger partial charge in [-0.05, 0) is 53.8 Å². The molecule has 4 aromatic rings. The van der Waals surface area contributed by atoms with Crippen LogP contribution in [-0.4, -0.2) is 58.3 Å². The molecule has 1 N–H and O–H groups in total. The average molecular weight is 481 g/mol. The van der Waals surface area contributed by atoms with Crippen molar-refractivity contribution in [3.63, 3.8) is 0 Å². The van der Waals surface area contributed by atoms with Gasteiger partial charge in [0, 0.05) is 33.2 Å². The number of para-hydroxylation sites is 2. The highest BCUT2D eigenvalue weighted by molar-refractivity contribution is 5.97. The van der Waals surface area contributed by atoms with Crippen molar-refractivity contribution in [2.75, 3.05) is 37.6 Å². The van der Waals surface area contributed by atoms with Crippen molar-refractivity contribution in [3.05, 3.63) is 83.9 Å². The Bertz CT molecular complexity index is 1370. The molecule has 36 heavy (non-hydrogen) atoms. The highest BCUT2D eigenvalue weighted by atomic mass is 16.4. The summed E-state index contributed by atoms with van der Waals surface area (Å²) in [7, 11) is 2.09. The largest absolute Gasteiger partial charge is 0.480 e. The number of hydrogen-bond donors (Lipinski definition) is 1. The molecule has 3 aromatic carbocycles. The normalized spacial score (nSPS) is 16.8. The van der Waals surface area contributed by atoms with Gasteiger partial charge in [0.1, 0.15) is 5.41 Å². The number of benzene rings is 3. The maximum atomic E-state index is 12.8. The van der Waals surface area contributed by atoms with Gasteiger partial charge in [-0.2, -0.15) is 0 Å². The van der Waals surface area contributed by atoms with Gasteiger partial charge in [-0.3, -0.25) is 9.69 Å². The smallest absolute Gasteiger partial charge is 0.318 e. The predicted molar refractivity (Wildman–Crippen MR) is 144 cm³/mol. The Balaban J connectivity index is 1.09. The molecule has 6 rings (SSSR count). The highest BCUT2D eigenvalue weighted by Gasteiger charge is 2.48. The molecule has 1 saturated heterocycles. The highest BCUT2D eigenvalue weighted by Crippen LogP contribution is 2.51. The second kappa shape index (κ2) is 9.10. The molecule has 1 aliphatic heterocycles. The number of aryl methyl sites for hydroxylation is 1. The first-order chi connectivity index (χ1) is 17.6. The van der Waals surface area contributed by atoms with Gasteiger partial charge in [0.25, 0.3) is 0 Å². The summed E-state index contributed by atoms with van der Waals surface area (Å²) in [6.45, 7) is 4.90. The van der Waals surface area contributed by atoms with E-state index in [1.54, 1.807) is 0 Å². The minimum absolute atomic E-state index is 0.621. The first-order valence-electron chi connectivity index (χ1n) is 12.9. The topological polar surface area (TPSA) is 61.6 Å². The van der Waals surface area contributed by atoms with Crippen molar-refractivity contribution < 1.29 is 9.90 Å². The number of unbranched alkanes of at least 4 members (excludes halogenated alkanes) is 1. The van der Waals surface area contributed by atoms with E-state index in [1.165, 1.54) is 0 Å². The van der Waals surface area contributed by atoms with E-state index in [0.29, 0.717) is 6.42 Å². The second-order valence-corrected chi connectivity index (χ2v) is 10.0. The number of fused-ring (bicyclic) bond motifs is 4. The van der Waals surface area contributed by atoms with Gasteiger partial charge in [0.2, 0.25) is 5.95 Å². The summed E-state index contributed by atoms with van der Waals surface area (Å²) >= 11 is 0. The maximum absolute atomic E-state index is 12.8. The Labute approximate surface area is 211 Å². The molecule has 0 spiro atoms. The van der Waals surface area contributed by atoms with E-state index in [0.717, 1.165) is 84.8 Å². The Morgan fingerprint density at radius 2 is 1.47 bits per heavy atom. The van der Waals surface area contributed by atoms with Gasteiger partial charge in [-0.25, -0.2) is 4.98 Å². The molecule has 0 unspecified atom stereocenters. The summed E-state index contributed by atoms with van der Waals surface area (Å²) in [5.74, 6) is 0.300. The van der Waals surface area contributed by atoms with Gasteiger partial charge in [-0.1, -0.05) is 67.1 Å². The number of nitrogens with zero attached hydrogens (tertiary/aromatic N) is 4. The lowest BCUT2D eigenvalue weighted by Crippen LogP contribution is -2.47. The quantitative estimate of drug-likeness (QED) is 0.381. The van der Waals surface area contributed by atoms with Crippen LogP contribution in [0.1, 0.15) is 30.4 Å². The lowest BCUT2D eigenvalue weighted by Gasteiger charge is -2.35. The SMILES string of the molecule is Cn1c(N2CCN(CCCCC3(C(=O)O)c4ccccc4-c4ccccc43)CC2)nc2ccccc21. The molecular formula is C30H32N4O2. The van der Waals surface area contributed by atoms with Crippen LogP contribution in [0.2, 0.25) is 0 Å². The van der Waals surface area contributed by atoms with E-state index >= 15 is 0 Å². The number of aliphatic carboxylic acids is 1. The Morgan fingerprint density at radius 3 is 2.11 bits per heavy atom. The Morgan fingerprint density at radius 1 is 0.861 bits per heavy atom. The molecule has 6 nitrogen and oxygen atoms in total. The average Bonchev–Trinajstić information content (AvgIpc) is 3.40. The van der Waals surface area contributed by atoms with E-state index in [1.807, 2.05) is 42.5 Å². The van der Waals surface area contributed by atoms with Crippen LogP contribution in [0.4, 0.5) is 5.95 Å². The van der Waals surface area contributed by atoms with Crippen molar-refractivity contribution in [2.45, 2.75) is 24.7 Å². The second-order valence-electron chi connectivity index (χ2n) is 10.0. The lowest BCUT2D eigenvalue weighted by molar-refractivity contribution is -0.142. The number of piperazine rings is 1. The van der Waals surface area contributed by atoms with Crippen LogP contribution in [0.25, 0.3) is 22.2 Å². The number of carboxylic acids is 1. The van der Waals surface area contributed by atoms with Gasteiger partial charge in [0.15, 0.2) is 0 Å².